The standard InChI is InChI=1S/C13H13FN2O2/c1-3-8-16-11(17)13(2,15-12(16)18)9-6-4-5-7-10(9)14/h3-7H,1,8H2,2H3,(H,15,18). The fourth-order valence-corrected chi connectivity index (χ4v) is 2.04. The molecule has 0 radical (unpaired) electrons. The van der Waals surface area contributed by atoms with Gasteiger partial charge in [0.05, 0.1) is 0 Å². The number of hydrogen-bond donors (Lipinski definition) is 1. The zero-order chi connectivity index (χ0) is 13.3. The second-order valence-corrected chi connectivity index (χ2v) is 4.24. The lowest BCUT2D eigenvalue weighted by molar-refractivity contribution is -0.130. The van der Waals surface area contributed by atoms with Crippen molar-refractivity contribution in [3.8, 4) is 0 Å². The summed E-state index contributed by atoms with van der Waals surface area (Å²) in [5.41, 5.74) is -1.19. The van der Waals surface area contributed by atoms with Gasteiger partial charge in [0.1, 0.15) is 11.4 Å². The minimum atomic E-state index is -1.36. The first-order valence-electron chi connectivity index (χ1n) is 5.50. The molecular weight excluding hydrogens is 235 g/mol. The Bertz CT molecular complexity index is 529. The molecule has 1 unspecified atom stereocenters. The van der Waals surface area contributed by atoms with Gasteiger partial charge in [-0.3, -0.25) is 9.69 Å². The van der Waals surface area contributed by atoms with Gasteiger partial charge in [0.15, 0.2) is 0 Å². The van der Waals surface area contributed by atoms with Crippen LogP contribution in [-0.4, -0.2) is 23.4 Å². The number of carbonyl (C=O) groups is 2. The predicted molar refractivity (Wildman–Crippen MR) is 64.2 cm³/mol. The molecule has 94 valence electrons. The summed E-state index contributed by atoms with van der Waals surface area (Å²) in [7, 11) is 0. The van der Waals surface area contributed by atoms with Crippen molar-refractivity contribution >= 4 is 11.9 Å². The van der Waals surface area contributed by atoms with Crippen molar-refractivity contribution < 1.29 is 14.0 Å². The van der Waals surface area contributed by atoms with Gasteiger partial charge in [0, 0.05) is 12.1 Å². The second kappa shape index (κ2) is 4.25. The fourth-order valence-electron chi connectivity index (χ4n) is 2.04. The van der Waals surface area contributed by atoms with E-state index in [1.807, 2.05) is 0 Å². The molecule has 18 heavy (non-hydrogen) atoms. The zero-order valence-corrected chi connectivity index (χ0v) is 9.94. The molecule has 0 aliphatic carbocycles. The molecule has 1 atom stereocenters. The van der Waals surface area contributed by atoms with E-state index in [-0.39, 0.29) is 12.1 Å². The first kappa shape index (κ1) is 12.3. The van der Waals surface area contributed by atoms with Crippen molar-refractivity contribution in [2.45, 2.75) is 12.5 Å². The molecule has 1 heterocycles. The smallest absolute Gasteiger partial charge is 0.319 e. The normalized spacial score (nSPS) is 23.1. The van der Waals surface area contributed by atoms with E-state index in [4.69, 9.17) is 0 Å². The van der Waals surface area contributed by atoms with Crippen molar-refractivity contribution in [3.63, 3.8) is 0 Å². The number of imide groups is 1. The van der Waals surface area contributed by atoms with Crippen LogP contribution in [0.1, 0.15) is 12.5 Å². The Balaban J connectivity index is 2.45. The third-order valence-corrected chi connectivity index (χ3v) is 3.00. The van der Waals surface area contributed by atoms with Crippen LogP contribution in [0.25, 0.3) is 0 Å². The molecule has 1 aliphatic heterocycles. The van der Waals surface area contributed by atoms with Crippen LogP contribution in [0.2, 0.25) is 0 Å². The van der Waals surface area contributed by atoms with Crippen LogP contribution in [0.5, 0.6) is 0 Å². The second-order valence-electron chi connectivity index (χ2n) is 4.24. The summed E-state index contributed by atoms with van der Waals surface area (Å²) >= 11 is 0. The summed E-state index contributed by atoms with van der Waals surface area (Å²) in [6.45, 7) is 5.08. The number of hydrogen-bond acceptors (Lipinski definition) is 2. The van der Waals surface area contributed by atoms with E-state index in [9.17, 15) is 14.0 Å². The van der Waals surface area contributed by atoms with Crippen LogP contribution < -0.4 is 5.32 Å². The Morgan fingerprint density at radius 3 is 2.72 bits per heavy atom. The van der Waals surface area contributed by atoms with E-state index >= 15 is 0 Å². The van der Waals surface area contributed by atoms with E-state index in [2.05, 4.69) is 11.9 Å². The highest BCUT2D eigenvalue weighted by atomic mass is 19.1. The fraction of sp³-hybridized carbons (Fsp3) is 0.231. The lowest BCUT2D eigenvalue weighted by Gasteiger charge is -2.22. The monoisotopic (exact) mass is 248 g/mol. The highest BCUT2D eigenvalue weighted by Crippen LogP contribution is 2.30. The Kier molecular flexibility index (Phi) is 2.90. The SMILES string of the molecule is C=CCN1C(=O)NC(C)(c2ccccc2F)C1=O. The van der Waals surface area contributed by atoms with Gasteiger partial charge < -0.3 is 5.32 Å². The highest BCUT2D eigenvalue weighted by molar-refractivity contribution is 6.07. The Morgan fingerprint density at radius 2 is 2.11 bits per heavy atom. The number of nitrogens with zero attached hydrogens (tertiary/aromatic N) is 1. The number of carbonyl (C=O) groups excluding carboxylic acids is 2. The minimum Gasteiger partial charge on any atom is -0.319 e. The van der Waals surface area contributed by atoms with Gasteiger partial charge in [-0.15, -0.1) is 6.58 Å². The van der Waals surface area contributed by atoms with Gasteiger partial charge in [-0.2, -0.15) is 0 Å². The van der Waals surface area contributed by atoms with Crippen molar-refractivity contribution in [3.05, 3.63) is 48.3 Å². The number of urea groups is 1. The molecule has 1 aliphatic rings. The van der Waals surface area contributed by atoms with Crippen LogP contribution >= 0.6 is 0 Å². The van der Waals surface area contributed by atoms with Crippen molar-refractivity contribution in [1.29, 1.82) is 0 Å². The summed E-state index contributed by atoms with van der Waals surface area (Å²) in [4.78, 5) is 24.9. The maximum atomic E-state index is 13.8. The molecule has 0 bridgehead atoms. The number of halogens is 1. The number of nitrogens with one attached hydrogen (secondary N) is 1. The lowest BCUT2D eigenvalue weighted by Crippen LogP contribution is -2.41. The average molecular weight is 248 g/mol. The quantitative estimate of drug-likeness (QED) is 0.654. The van der Waals surface area contributed by atoms with Crippen LogP contribution in [0.15, 0.2) is 36.9 Å². The first-order chi connectivity index (χ1) is 8.50. The van der Waals surface area contributed by atoms with E-state index < -0.39 is 23.3 Å². The molecular formula is C13H13FN2O2. The molecule has 0 aromatic heterocycles. The maximum absolute atomic E-state index is 13.8. The Labute approximate surface area is 104 Å². The molecule has 0 saturated carbocycles. The first-order valence-corrected chi connectivity index (χ1v) is 5.50. The predicted octanol–water partition coefficient (Wildman–Crippen LogP) is 1.78. The van der Waals surface area contributed by atoms with Gasteiger partial charge in [0.25, 0.3) is 5.91 Å². The molecule has 3 amide bonds. The van der Waals surface area contributed by atoms with Crippen LogP contribution in [0.4, 0.5) is 9.18 Å². The molecule has 1 saturated heterocycles. The summed E-state index contributed by atoms with van der Waals surface area (Å²) in [5, 5.41) is 2.52. The summed E-state index contributed by atoms with van der Waals surface area (Å²) in [6, 6.07) is 5.37. The van der Waals surface area contributed by atoms with Gasteiger partial charge in [-0.25, -0.2) is 9.18 Å². The van der Waals surface area contributed by atoms with Crippen molar-refractivity contribution in [2.24, 2.45) is 0 Å². The van der Waals surface area contributed by atoms with E-state index in [1.165, 1.54) is 31.2 Å². The third kappa shape index (κ3) is 1.68. The largest absolute Gasteiger partial charge is 0.325 e. The van der Waals surface area contributed by atoms with Crippen LogP contribution in [0.3, 0.4) is 0 Å². The van der Waals surface area contributed by atoms with Crippen molar-refractivity contribution in [2.75, 3.05) is 6.54 Å². The lowest BCUT2D eigenvalue weighted by atomic mass is 9.91. The van der Waals surface area contributed by atoms with E-state index in [0.717, 1.165) is 4.90 Å². The molecule has 0 spiro atoms. The minimum absolute atomic E-state index is 0.106. The third-order valence-electron chi connectivity index (χ3n) is 3.00. The van der Waals surface area contributed by atoms with E-state index in [0.29, 0.717) is 0 Å². The molecule has 1 aromatic carbocycles. The molecule has 2 rings (SSSR count). The Hall–Kier alpha value is -2.17. The van der Waals surface area contributed by atoms with Crippen LogP contribution in [0, 0.1) is 5.82 Å². The van der Waals surface area contributed by atoms with Gasteiger partial charge in [-0.05, 0) is 13.0 Å². The van der Waals surface area contributed by atoms with E-state index in [1.54, 1.807) is 6.07 Å². The van der Waals surface area contributed by atoms with Crippen LogP contribution in [-0.2, 0) is 10.3 Å². The molecule has 1 aromatic rings. The highest BCUT2D eigenvalue weighted by Gasteiger charge is 2.49. The number of amides is 3. The zero-order valence-electron chi connectivity index (χ0n) is 9.94. The average Bonchev–Trinajstić information content (AvgIpc) is 2.55. The number of benzene rings is 1. The summed E-state index contributed by atoms with van der Waals surface area (Å²) in [5.74, 6) is -0.994. The van der Waals surface area contributed by atoms with Gasteiger partial charge in [-0.1, -0.05) is 24.3 Å². The molecule has 4 nitrogen and oxygen atoms in total. The topological polar surface area (TPSA) is 49.4 Å². The molecule has 5 heteroatoms. The molecule has 1 fully saturated rings. The number of rotatable bonds is 3. The maximum Gasteiger partial charge on any atom is 0.325 e. The van der Waals surface area contributed by atoms with Crippen molar-refractivity contribution in [1.82, 2.24) is 10.2 Å². The Morgan fingerprint density at radius 1 is 1.44 bits per heavy atom. The molecule has 1 N–H and O–H groups in total. The van der Waals surface area contributed by atoms with Gasteiger partial charge in [0.2, 0.25) is 0 Å². The summed E-state index contributed by atoms with van der Waals surface area (Å²) in [6.07, 6.45) is 1.45. The summed E-state index contributed by atoms with van der Waals surface area (Å²) < 4.78 is 13.8. The van der Waals surface area contributed by atoms with Gasteiger partial charge >= 0.3 is 6.03 Å².